The fourth-order valence-electron chi connectivity index (χ4n) is 6.66. The molecule has 0 radical (unpaired) electrons. The van der Waals surface area contributed by atoms with Gasteiger partial charge in [0.25, 0.3) is 11.8 Å². The molecule has 3 atom stereocenters. The molecule has 6 rings (SSSR count). The second-order valence-corrected chi connectivity index (χ2v) is 13.0. The van der Waals surface area contributed by atoms with Crippen molar-refractivity contribution in [1.82, 2.24) is 20.0 Å². The minimum atomic E-state index is -1.27. The zero-order valence-corrected chi connectivity index (χ0v) is 28.4. The maximum Gasteiger partial charge on any atom is 0.415 e. The Morgan fingerprint density at radius 2 is 1.63 bits per heavy atom. The Labute approximate surface area is 300 Å². The van der Waals surface area contributed by atoms with Gasteiger partial charge in [-0.15, -0.1) is 0 Å². The van der Waals surface area contributed by atoms with Crippen LogP contribution in [0, 0.1) is 0 Å². The summed E-state index contributed by atoms with van der Waals surface area (Å²) in [5.41, 5.74) is 1.81. The standard InChI is InChI=1S/C39H40N4O9/c44-27-15-14-26(32(45)23-27)16-19-41(36(48)18-21-43-37(49)28-10-4-5-11-29(28)38(43)50)24-33(46)30(22-25-8-2-1-3-9-25)40-35(47)17-20-42-31-12-6-7-13-34(31)52-39(42)51/h1-11,13-15,23,30-31,33,44-46H,12,16-22,24H2,(H,40,47)/t30-,31?,33?/m0/s1. The van der Waals surface area contributed by atoms with Gasteiger partial charge in [0.1, 0.15) is 17.3 Å². The molecular formula is C39H40N4O9. The van der Waals surface area contributed by atoms with Gasteiger partial charge < -0.3 is 30.3 Å². The average molecular weight is 709 g/mol. The second-order valence-electron chi connectivity index (χ2n) is 13.0. The van der Waals surface area contributed by atoms with Crippen LogP contribution < -0.4 is 5.32 Å². The Morgan fingerprint density at radius 3 is 2.35 bits per heavy atom. The first-order chi connectivity index (χ1) is 25.1. The number of aliphatic hydroxyl groups excluding tert-OH is 1. The third-order valence-corrected chi connectivity index (χ3v) is 9.50. The van der Waals surface area contributed by atoms with Gasteiger partial charge in [-0.2, -0.15) is 0 Å². The number of phenolic OH excluding ortho intramolecular Hbond substituents is 2. The lowest BCUT2D eigenvalue weighted by atomic mass is 10.00. The van der Waals surface area contributed by atoms with Crippen molar-refractivity contribution in [1.29, 1.82) is 0 Å². The molecule has 1 aliphatic carbocycles. The third-order valence-electron chi connectivity index (χ3n) is 9.50. The Morgan fingerprint density at radius 1 is 0.923 bits per heavy atom. The minimum Gasteiger partial charge on any atom is -0.508 e. The summed E-state index contributed by atoms with van der Waals surface area (Å²) in [5, 5.41) is 34.7. The maximum absolute atomic E-state index is 13.8. The molecule has 2 aliphatic heterocycles. The summed E-state index contributed by atoms with van der Waals surface area (Å²) in [4.78, 5) is 69.5. The van der Waals surface area contributed by atoms with Crippen LogP contribution in [0.3, 0.4) is 0 Å². The third kappa shape index (κ3) is 8.16. The minimum absolute atomic E-state index is 0.0328. The molecule has 1 fully saturated rings. The van der Waals surface area contributed by atoms with Crippen LogP contribution in [-0.4, -0.2) is 104 Å². The number of aromatic hydroxyl groups is 2. The number of allylic oxidation sites excluding steroid dienone is 2. The first-order valence-corrected chi connectivity index (χ1v) is 17.2. The number of phenols is 2. The van der Waals surface area contributed by atoms with Crippen LogP contribution in [0.1, 0.15) is 51.1 Å². The van der Waals surface area contributed by atoms with Gasteiger partial charge in [0, 0.05) is 45.1 Å². The number of benzene rings is 3. The molecular weight excluding hydrogens is 668 g/mol. The quantitative estimate of drug-likeness (QED) is 0.173. The van der Waals surface area contributed by atoms with Crippen molar-refractivity contribution in [3.63, 3.8) is 0 Å². The Kier molecular flexibility index (Phi) is 11.0. The van der Waals surface area contributed by atoms with E-state index in [1.165, 1.54) is 28.0 Å². The van der Waals surface area contributed by atoms with Crippen molar-refractivity contribution in [2.75, 3.05) is 26.2 Å². The number of imide groups is 1. The van der Waals surface area contributed by atoms with Crippen LogP contribution >= 0.6 is 0 Å². The molecule has 0 spiro atoms. The largest absolute Gasteiger partial charge is 0.508 e. The normalized spacial score (nSPS) is 17.3. The summed E-state index contributed by atoms with van der Waals surface area (Å²) < 4.78 is 5.34. The average Bonchev–Trinajstić information content (AvgIpc) is 3.59. The summed E-state index contributed by atoms with van der Waals surface area (Å²) in [7, 11) is 0. The Hall–Kier alpha value is -5.95. The highest BCUT2D eigenvalue weighted by molar-refractivity contribution is 6.21. The van der Waals surface area contributed by atoms with Gasteiger partial charge in [-0.05, 0) is 54.7 Å². The molecule has 2 heterocycles. The molecule has 270 valence electrons. The lowest BCUT2D eigenvalue weighted by molar-refractivity contribution is -0.133. The van der Waals surface area contributed by atoms with Gasteiger partial charge in [0.15, 0.2) is 0 Å². The van der Waals surface area contributed by atoms with Crippen molar-refractivity contribution < 1.29 is 44.0 Å². The molecule has 4 N–H and O–H groups in total. The summed E-state index contributed by atoms with van der Waals surface area (Å²) in [6.07, 6.45) is 4.36. The molecule has 13 heteroatoms. The van der Waals surface area contributed by atoms with E-state index >= 15 is 0 Å². The first-order valence-electron chi connectivity index (χ1n) is 17.2. The predicted molar refractivity (Wildman–Crippen MR) is 188 cm³/mol. The SMILES string of the molecule is O=C(CCN1C(=O)OC2=CC=CCC21)N[C@@H](Cc1ccccc1)C(O)CN(CCc1ccc(O)cc1O)C(=O)CCN1C(=O)c2ccccc2C1=O. The van der Waals surface area contributed by atoms with Crippen molar-refractivity contribution >= 4 is 29.7 Å². The van der Waals surface area contributed by atoms with Gasteiger partial charge in [-0.3, -0.25) is 29.0 Å². The van der Waals surface area contributed by atoms with E-state index < -0.39 is 41.9 Å². The van der Waals surface area contributed by atoms with E-state index in [2.05, 4.69) is 5.32 Å². The van der Waals surface area contributed by atoms with Gasteiger partial charge in [-0.1, -0.05) is 60.7 Å². The van der Waals surface area contributed by atoms with E-state index in [-0.39, 0.29) is 80.5 Å². The maximum atomic E-state index is 13.8. The van der Waals surface area contributed by atoms with Crippen molar-refractivity contribution in [2.24, 2.45) is 0 Å². The summed E-state index contributed by atoms with van der Waals surface area (Å²) in [6.45, 7) is -0.268. The number of nitrogens with one attached hydrogen (secondary N) is 1. The lowest BCUT2D eigenvalue weighted by Gasteiger charge is -2.31. The fourth-order valence-corrected chi connectivity index (χ4v) is 6.66. The number of hydrogen-bond donors (Lipinski definition) is 4. The van der Waals surface area contributed by atoms with Crippen LogP contribution in [0.5, 0.6) is 11.5 Å². The van der Waals surface area contributed by atoms with Crippen molar-refractivity contribution in [2.45, 2.75) is 50.3 Å². The van der Waals surface area contributed by atoms with Crippen LogP contribution in [0.4, 0.5) is 4.79 Å². The van der Waals surface area contributed by atoms with Gasteiger partial charge >= 0.3 is 6.09 Å². The number of carbonyl (C=O) groups excluding carboxylic acids is 5. The van der Waals surface area contributed by atoms with Gasteiger partial charge in [-0.25, -0.2) is 4.79 Å². The molecule has 0 aromatic heterocycles. The van der Waals surface area contributed by atoms with E-state index in [1.807, 2.05) is 42.5 Å². The van der Waals surface area contributed by atoms with Gasteiger partial charge in [0.05, 0.1) is 29.3 Å². The first kappa shape index (κ1) is 35.9. The molecule has 0 saturated carbocycles. The van der Waals surface area contributed by atoms with E-state index in [0.717, 1.165) is 10.5 Å². The number of hydrogen-bond acceptors (Lipinski definition) is 9. The monoisotopic (exact) mass is 708 g/mol. The van der Waals surface area contributed by atoms with E-state index in [1.54, 1.807) is 30.3 Å². The van der Waals surface area contributed by atoms with Crippen molar-refractivity contribution in [3.8, 4) is 11.5 Å². The second kappa shape index (κ2) is 15.9. The molecule has 3 aliphatic rings. The Bertz CT molecular complexity index is 1880. The summed E-state index contributed by atoms with van der Waals surface area (Å²) in [5.74, 6) is -1.60. The smallest absolute Gasteiger partial charge is 0.415 e. The molecule has 3 aromatic rings. The van der Waals surface area contributed by atoms with Crippen LogP contribution in [0.25, 0.3) is 0 Å². The lowest BCUT2D eigenvalue weighted by Crippen LogP contribution is -2.51. The molecule has 5 amide bonds. The number of aliphatic hydroxyl groups is 1. The van der Waals surface area contributed by atoms with Crippen LogP contribution in [0.15, 0.2) is 96.8 Å². The van der Waals surface area contributed by atoms with Crippen molar-refractivity contribution in [3.05, 3.63) is 119 Å². The zero-order valence-electron chi connectivity index (χ0n) is 28.4. The highest BCUT2D eigenvalue weighted by Gasteiger charge is 2.38. The number of nitrogens with zero attached hydrogens (tertiary/aromatic N) is 3. The molecule has 1 saturated heterocycles. The molecule has 52 heavy (non-hydrogen) atoms. The van der Waals surface area contributed by atoms with Gasteiger partial charge in [0.2, 0.25) is 11.8 Å². The molecule has 13 nitrogen and oxygen atoms in total. The van der Waals surface area contributed by atoms with Crippen LogP contribution in [0.2, 0.25) is 0 Å². The highest BCUT2D eigenvalue weighted by Crippen LogP contribution is 2.29. The fraction of sp³-hybridized carbons (Fsp3) is 0.308. The molecule has 3 aromatic carbocycles. The topological polar surface area (TPSA) is 177 Å². The predicted octanol–water partition coefficient (Wildman–Crippen LogP) is 3.30. The van der Waals surface area contributed by atoms with E-state index in [4.69, 9.17) is 4.74 Å². The Balaban J connectivity index is 1.15. The summed E-state index contributed by atoms with van der Waals surface area (Å²) in [6, 6.07) is 18.7. The highest BCUT2D eigenvalue weighted by atomic mass is 16.6. The molecule has 0 bridgehead atoms. The summed E-state index contributed by atoms with van der Waals surface area (Å²) >= 11 is 0. The van der Waals surface area contributed by atoms with E-state index in [0.29, 0.717) is 17.7 Å². The number of rotatable bonds is 15. The van der Waals surface area contributed by atoms with E-state index in [9.17, 15) is 39.3 Å². The number of fused-ring (bicyclic) bond motifs is 2. The number of amides is 5. The molecule has 2 unspecified atom stereocenters. The number of ether oxygens (including phenoxy) is 1. The van der Waals surface area contributed by atoms with Crippen LogP contribution in [-0.2, 0) is 27.2 Å². The number of carbonyl (C=O) groups is 5. The zero-order chi connectivity index (χ0) is 36.8.